The third-order valence-corrected chi connectivity index (χ3v) is 5.59. The Hall–Kier alpha value is -3.88. The molecular formula is C22H21N5O4. The van der Waals surface area contributed by atoms with E-state index in [0.29, 0.717) is 35.0 Å². The minimum absolute atomic E-state index is 0.181. The average Bonchev–Trinajstić information content (AvgIpc) is 3.51. The summed E-state index contributed by atoms with van der Waals surface area (Å²) >= 11 is 0. The molecule has 31 heavy (non-hydrogen) atoms. The fourth-order valence-corrected chi connectivity index (χ4v) is 4.19. The van der Waals surface area contributed by atoms with E-state index in [1.54, 1.807) is 18.9 Å². The SMILES string of the molecule is COc1ccccc1-c1ocnc1C(=O)N1CCCC1c1cc2nc(C)cc(=O)n2[nH]1. The first kappa shape index (κ1) is 19.1. The maximum absolute atomic E-state index is 13.5. The number of hydrogen-bond acceptors (Lipinski definition) is 6. The first-order valence-corrected chi connectivity index (χ1v) is 10.0. The molecule has 1 unspecified atom stereocenters. The van der Waals surface area contributed by atoms with Gasteiger partial charge in [0.25, 0.3) is 11.5 Å². The number of para-hydroxylation sites is 1. The predicted molar refractivity (Wildman–Crippen MR) is 112 cm³/mol. The zero-order valence-corrected chi connectivity index (χ0v) is 17.2. The number of carbonyl (C=O) groups is 1. The molecule has 158 valence electrons. The van der Waals surface area contributed by atoms with Gasteiger partial charge >= 0.3 is 0 Å². The van der Waals surface area contributed by atoms with Gasteiger partial charge in [0.1, 0.15) is 5.75 Å². The molecule has 1 amide bonds. The van der Waals surface area contributed by atoms with Crippen LogP contribution in [0.2, 0.25) is 0 Å². The van der Waals surface area contributed by atoms with Crippen molar-refractivity contribution in [2.24, 2.45) is 0 Å². The summed E-state index contributed by atoms with van der Waals surface area (Å²) in [5, 5.41) is 3.11. The first-order valence-electron chi connectivity index (χ1n) is 10.0. The molecule has 4 heterocycles. The van der Waals surface area contributed by atoms with Crippen molar-refractivity contribution in [1.29, 1.82) is 0 Å². The van der Waals surface area contributed by atoms with Gasteiger partial charge in [0.2, 0.25) is 0 Å². The molecule has 0 radical (unpaired) electrons. The number of aromatic amines is 1. The van der Waals surface area contributed by atoms with Gasteiger partial charge in [0.15, 0.2) is 23.5 Å². The minimum Gasteiger partial charge on any atom is -0.496 e. The van der Waals surface area contributed by atoms with Crippen LogP contribution in [-0.4, -0.2) is 44.0 Å². The molecule has 3 aromatic heterocycles. The number of aromatic nitrogens is 4. The van der Waals surface area contributed by atoms with Gasteiger partial charge in [0, 0.05) is 24.4 Å². The van der Waals surface area contributed by atoms with E-state index in [4.69, 9.17) is 9.15 Å². The molecular weight excluding hydrogens is 398 g/mol. The third kappa shape index (κ3) is 3.18. The lowest BCUT2D eigenvalue weighted by Gasteiger charge is -2.23. The minimum atomic E-state index is -0.229. The van der Waals surface area contributed by atoms with Gasteiger partial charge in [-0.15, -0.1) is 0 Å². The number of carbonyl (C=O) groups excluding carboxylic acids is 1. The molecule has 4 aromatic rings. The number of nitrogens with one attached hydrogen (secondary N) is 1. The van der Waals surface area contributed by atoms with E-state index < -0.39 is 0 Å². The maximum Gasteiger partial charge on any atom is 0.277 e. The highest BCUT2D eigenvalue weighted by molar-refractivity contribution is 5.98. The van der Waals surface area contributed by atoms with E-state index in [0.717, 1.165) is 18.5 Å². The fraction of sp³-hybridized carbons (Fsp3) is 0.273. The van der Waals surface area contributed by atoms with Gasteiger partial charge < -0.3 is 14.1 Å². The van der Waals surface area contributed by atoms with Gasteiger partial charge in [0.05, 0.1) is 24.4 Å². The molecule has 1 aliphatic heterocycles. The van der Waals surface area contributed by atoms with Gasteiger partial charge in [-0.25, -0.2) is 14.5 Å². The number of hydrogen-bond donors (Lipinski definition) is 1. The molecule has 0 aliphatic carbocycles. The second kappa shape index (κ2) is 7.42. The number of fused-ring (bicyclic) bond motifs is 1. The number of nitrogens with zero attached hydrogens (tertiary/aromatic N) is 4. The number of ether oxygens (including phenoxy) is 1. The lowest BCUT2D eigenvalue weighted by molar-refractivity contribution is 0.0727. The summed E-state index contributed by atoms with van der Waals surface area (Å²) in [5.41, 5.74) is 2.68. The van der Waals surface area contributed by atoms with Crippen molar-refractivity contribution < 1.29 is 13.9 Å². The van der Waals surface area contributed by atoms with E-state index >= 15 is 0 Å². The zero-order valence-electron chi connectivity index (χ0n) is 17.2. The van der Waals surface area contributed by atoms with Crippen molar-refractivity contribution in [3.05, 3.63) is 70.2 Å². The zero-order chi connectivity index (χ0) is 21.5. The van der Waals surface area contributed by atoms with Crippen LogP contribution < -0.4 is 10.3 Å². The number of likely N-dealkylation sites (tertiary alicyclic amines) is 1. The number of oxazole rings is 1. The maximum atomic E-state index is 13.5. The van der Waals surface area contributed by atoms with Crippen molar-refractivity contribution in [3.8, 4) is 17.1 Å². The summed E-state index contributed by atoms with van der Waals surface area (Å²) in [6.07, 6.45) is 2.89. The van der Waals surface area contributed by atoms with Crippen LogP contribution in [0.25, 0.3) is 17.0 Å². The molecule has 9 heteroatoms. The Morgan fingerprint density at radius 3 is 2.97 bits per heavy atom. The van der Waals surface area contributed by atoms with Crippen LogP contribution in [-0.2, 0) is 0 Å². The highest BCUT2D eigenvalue weighted by atomic mass is 16.5. The monoisotopic (exact) mass is 419 g/mol. The van der Waals surface area contributed by atoms with Crippen LogP contribution in [0.1, 0.15) is 40.8 Å². The number of H-pyrrole nitrogens is 1. The molecule has 9 nitrogen and oxygen atoms in total. The van der Waals surface area contributed by atoms with Crippen molar-refractivity contribution in [1.82, 2.24) is 24.5 Å². The molecule has 1 atom stereocenters. The van der Waals surface area contributed by atoms with Crippen molar-refractivity contribution >= 4 is 11.6 Å². The van der Waals surface area contributed by atoms with E-state index in [-0.39, 0.29) is 23.2 Å². The van der Waals surface area contributed by atoms with Crippen LogP contribution in [0, 0.1) is 6.92 Å². The Balaban J connectivity index is 1.52. The van der Waals surface area contributed by atoms with Gasteiger partial charge in [-0.1, -0.05) is 12.1 Å². The number of aryl methyl sites for hydroxylation is 1. The molecule has 1 fully saturated rings. The molecule has 5 rings (SSSR count). The second-order valence-electron chi connectivity index (χ2n) is 7.53. The quantitative estimate of drug-likeness (QED) is 0.545. The normalized spacial score (nSPS) is 16.2. The first-order chi connectivity index (χ1) is 15.1. The van der Waals surface area contributed by atoms with E-state index in [9.17, 15) is 9.59 Å². The fourth-order valence-electron chi connectivity index (χ4n) is 4.19. The standard InChI is InChI=1S/C22H21N5O4/c1-13-10-19(28)27-18(24-13)11-15(25-27)16-7-5-9-26(16)22(29)20-21(31-12-23-20)14-6-3-4-8-17(14)30-2/h3-4,6,8,10-12,16,25H,5,7,9H2,1-2H3. The van der Waals surface area contributed by atoms with Gasteiger partial charge in [-0.2, -0.15) is 0 Å². The third-order valence-electron chi connectivity index (χ3n) is 5.59. The lowest BCUT2D eigenvalue weighted by atomic mass is 10.1. The number of rotatable bonds is 4. The van der Waals surface area contributed by atoms with Crippen LogP contribution in [0.5, 0.6) is 5.75 Å². The van der Waals surface area contributed by atoms with Crippen LogP contribution in [0.3, 0.4) is 0 Å². The summed E-state index contributed by atoms with van der Waals surface area (Å²) in [6.45, 7) is 2.36. The Morgan fingerprint density at radius 1 is 1.29 bits per heavy atom. The Morgan fingerprint density at radius 2 is 2.13 bits per heavy atom. The largest absolute Gasteiger partial charge is 0.496 e. The molecule has 1 N–H and O–H groups in total. The summed E-state index contributed by atoms with van der Waals surface area (Å²) in [7, 11) is 1.57. The van der Waals surface area contributed by atoms with Crippen molar-refractivity contribution in [2.45, 2.75) is 25.8 Å². The van der Waals surface area contributed by atoms with Gasteiger partial charge in [-0.3, -0.25) is 14.7 Å². The number of methoxy groups -OCH3 is 1. The topological polar surface area (TPSA) is 106 Å². The Kier molecular flexibility index (Phi) is 4.58. The van der Waals surface area contributed by atoms with Crippen LogP contribution >= 0.6 is 0 Å². The molecule has 0 saturated carbocycles. The molecule has 1 aliphatic rings. The molecule has 1 aromatic carbocycles. The summed E-state index contributed by atoms with van der Waals surface area (Å²) in [4.78, 5) is 36.1. The average molecular weight is 419 g/mol. The lowest BCUT2D eigenvalue weighted by Crippen LogP contribution is -2.31. The predicted octanol–water partition coefficient (Wildman–Crippen LogP) is 2.97. The summed E-state index contributed by atoms with van der Waals surface area (Å²) < 4.78 is 12.4. The second-order valence-corrected chi connectivity index (χ2v) is 7.53. The number of benzene rings is 1. The van der Waals surface area contributed by atoms with Crippen LogP contribution in [0.4, 0.5) is 0 Å². The highest BCUT2D eigenvalue weighted by Crippen LogP contribution is 2.36. The van der Waals surface area contributed by atoms with Crippen LogP contribution in [0.15, 0.2) is 52.0 Å². The molecule has 1 saturated heterocycles. The summed E-state index contributed by atoms with van der Waals surface area (Å²) in [6, 6.07) is 10.4. The van der Waals surface area contributed by atoms with E-state index in [1.165, 1.54) is 17.0 Å². The summed E-state index contributed by atoms with van der Waals surface area (Å²) in [5.74, 6) is 0.744. The molecule has 0 spiro atoms. The van der Waals surface area contributed by atoms with E-state index in [1.807, 2.05) is 30.3 Å². The Bertz CT molecular complexity index is 1340. The van der Waals surface area contributed by atoms with Crippen molar-refractivity contribution in [3.63, 3.8) is 0 Å². The highest BCUT2D eigenvalue weighted by Gasteiger charge is 2.35. The molecule has 0 bridgehead atoms. The van der Waals surface area contributed by atoms with Gasteiger partial charge in [-0.05, 0) is 31.9 Å². The smallest absolute Gasteiger partial charge is 0.277 e. The Labute approximate surface area is 177 Å². The van der Waals surface area contributed by atoms with Crippen molar-refractivity contribution in [2.75, 3.05) is 13.7 Å². The van der Waals surface area contributed by atoms with E-state index in [2.05, 4.69) is 15.1 Å². The number of amides is 1.